The van der Waals surface area contributed by atoms with Crippen molar-refractivity contribution in [3.63, 3.8) is 0 Å². The van der Waals surface area contributed by atoms with E-state index in [2.05, 4.69) is 39.5 Å². The van der Waals surface area contributed by atoms with E-state index in [1.54, 1.807) is 42.3 Å². The number of nitrogens with one attached hydrogen (secondary N) is 2. The molecule has 5 rings (SSSR count). The maximum absolute atomic E-state index is 15.3. The lowest BCUT2D eigenvalue weighted by Crippen LogP contribution is -2.54. The van der Waals surface area contributed by atoms with Crippen LogP contribution in [0.4, 0.5) is 26.0 Å². The highest BCUT2D eigenvalue weighted by Gasteiger charge is 2.22. The fraction of sp³-hybridized carbons (Fsp3) is 0.304. The van der Waals surface area contributed by atoms with Gasteiger partial charge in [0.1, 0.15) is 17.2 Å². The summed E-state index contributed by atoms with van der Waals surface area (Å²) in [5.41, 5.74) is 1.64. The van der Waals surface area contributed by atoms with Gasteiger partial charge < -0.3 is 15.5 Å². The Morgan fingerprint density at radius 3 is 2.58 bits per heavy atom. The number of halogens is 2. The Morgan fingerprint density at radius 2 is 1.81 bits per heavy atom. The zero-order chi connectivity index (χ0) is 21.7. The van der Waals surface area contributed by atoms with Crippen LogP contribution in [0.25, 0.3) is 21.7 Å². The maximum Gasteiger partial charge on any atom is 0.153 e. The first-order chi connectivity index (χ1) is 14.9. The van der Waals surface area contributed by atoms with Crippen LogP contribution in [-0.4, -0.2) is 39.9 Å². The van der Waals surface area contributed by atoms with Gasteiger partial charge in [-0.3, -0.25) is 4.68 Å². The Morgan fingerprint density at radius 1 is 1.03 bits per heavy atom. The molecule has 2 aromatic heterocycles. The topological polar surface area (TPSA) is 58.0 Å². The highest BCUT2D eigenvalue weighted by Crippen LogP contribution is 2.32. The number of hydrogen-bond acceptors (Lipinski definition) is 5. The van der Waals surface area contributed by atoms with Gasteiger partial charge in [0.05, 0.1) is 5.39 Å². The second kappa shape index (κ2) is 7.46. The Bertz CT molecular complexity index is 1270. The number of aryl methyl sites for hydroxylation is 1. The first-order valence-corrected chi connectivity index (χ1v) is 10.4. The van der Waals surface area contributed by atoms with Crippen LogP contribution in [0.15, 0.2) is 42.7 Å². The number of aromatic nitrogens is 3. The van der Waals surface area contributed by atoms with E-state index in [1.165, 1.54) is 6.07 Å². The molecule has 2 aromatic carbocycles. The van der Waals surface area contributed by atoms with Crippen LogP contribution in [0.3, 0.4) is 0 Å². The first-order valence-electron chi connectivity index (χ1n) is 10.4. The number of anilines is 3. The molecule has 1 fully saturated rings. The van der Waals surface area contributed by atoms with Gasteiger partial charge in [-0.25, -0.2) is 13.8 Å². The summed E-state index contributed by atoms with van der Waals surface area (Å²) in [6.07, 6.45) is 3.37. The van der Waals surface area contributed by atoms with Crippen molar-refractivity contribution in [2.75, 3.05) is 23.3 Å². The fourth-order valence-electron chi connectivity index (χ4n) is 4.49. The predicted molar refractivity (Wildman–Crippen MR) is 120 cm³/mol. The number of hydrogen-bond donors (Lipinski definition) is 2. The largest absolute Gasteiger partial charge is 0.368 e. The summed E-state index contributed by atoms with van der Waals surface area (Å²) in [6, 6.07) is 9.13. The predicted octanol–water partition coefficient (Wildman–Crippen LogP) is 4.33. The summed E-state index contributed by atoms with van der Waals surface area (Å²) in [4.78, 5) is 6.53. The molecule has 0 radical (unpaired) electrons. The minimum atomic E-state index is -0.439. The number of nitrogens with zero attached hydrogens (tertiary/aromatic N) is 4. The van der Waals surface area contributed by atoms with Gasteiger partial charge in [-0.15, -0.1) is 0 Å². The van der Waals surface area contributed by atoms with E-state index in [4.69, 9.17) is 0 Å². The van der Waals surface area contributed by atoms with Crippen molar-refractivity contribution in [3.8, 4) is 0 Å². The van der Waals surface area contributed by atoms with Crippen LogP contribution < -0.4 is 15.5 Å². The van der Waals surface area contributed by atoms with Crippen LogP contribution in [0.2, 0.25) is 0 Å². The van der Waals surface area contributed by atoms with E-state index < -0.39 is 5.82 Å². The molecule has 0 aliphatic carbocycles. The Labute approximate surface area is 178 Å². The third kappa shape index (κ3) is 3.67. The molecule has 4 aromatic rings. The SMILES string of the molecule is C[C@@H]1CN(c2cc(F)c3c(Nc4cc(F)c5nn(C)cc5c4)nccc3c2)C[C@@H](C)N1. The van der Waals surface area contributed by atoms with Crippen molar-refractivity contribution in [2.45, 2.75) is 25.9 Å². The summed E-state index contributed by atoms with van der Waals surface area (Å²) in [7, 11) is 1.74. The van der Waals surface area contributed by atoms with E-state index in [1.807, 2.05) is 6.07 Å². The van der Waals surface area contributed by atoms with Crippen LogP contribution in [0.1, 0.15) is 13.8 Å². The molecule has 2 N–H and O–H groups in total. The molecular weight excluding hydrogens is 398 g/mol. The van der Waals surface area contributed by atoms with Crippen LogP contribution in [0, 0.1) is 11.6 Å². The lowest BCUT2D eigenvalue weighted by Gasteiger charge is -2.37. The van der Waals surface area contributed by atoms with Gasteiger partial charge in [-0.2, -0.15) is 5.10 Å². The van der Waals surface area contributed by atoms with Gasteiger partial charge in [0.2, 0.25) is 0 Å². The normalized spacial score (nSPS) is 19.3. The molecule has 0 saturated carbocycles. The van der Waals surface area contributed by atoms with Crippen LogP contribution >= 0.6 is 0 Å². The molecule has 3 heterocycles. The van der Waals surface area contributed by atoms with E-state index in [0.717, 1.165) is 24.2 Å². The molecule has 2 atom stereocenters. The van der Waals surface area contributed by atoms with Gasteiger partial charge >= 0.3 is 0 Å². The number of benzene rings is 2. The number of pyridine rings is 1. The van der Waals surface area contributed by atoms with Crippen molar-refractivity contribution >= 4 is 38.9 Å². The van der Waals surface area contributed by atoms with Gasteiger partial charge in [0.15, 0.2) is 5.82 Å². The Balaban J connectivity index is 1.53. The first kappa shape index (κ1) is 19.7. The standard InChI is InChI=1S/C23H24F2N6/c1-13-10-31(11-14(2)27-13)18-7-15-4-5-26-23(21(15)19(24)9-18)28-17-6-16-12-30(3)29-22(16)20(25)8-17/h4-9,12-14,27H,10-11H2,1-3H3,(H,26,28)/t13-,14-/m1/s1. The minimum absolute atomic E-state index is 0.300. The van der Waals surface area contributed by atoms with E-state index in [-0.39, 0.29) is 5.82 Å². The second-order valence-electron chi connectivity index (χ2n) is 8.38. The summed E-state index contributed by atoms with van der Waals surface area (Å²) < 4.78 is 31.3. The Hall–Kier alpha value is -3.26. The van der Waals surface area contributed by atoms with Crippen molar-refractivity contribution in [3.05, 3.63) is 54.4 Å². The van der Waals surface area contributed by atoms with Gasteiger partial charge in [-0.1, -0.05) is 0 Å². The molecule has 160 valence electrons. The quantitative estimate of drug-likeness (QED) is 0.515. The van der Waals surface area contributed by atoms with E-state index in [9.17, 15) is 4.39 Å². The van der Waals surface area contributed by atoms with Gasteiger partial charge in [0, 0.05) is 61.4 Å². The smallest absolute Gasteiger partial charge is 0.153 e. The zero-order valence-electron chi connectivity index (χ0n) is 17.7. The number of fused-ring (bicyclic) bond motifs is 2. The fourth-order valence-corrected chi connectivity index (χ4v) is 4.49. The molecule has 1 aliphatic heterocycles. The molecule has 31 heavy (non-hydrogen) atoms. The molecule has 8 heteroatoms. The van der Waals surface area contributed by atoms with Crippen molar-refractivity contribution in [2.24, 2.45) is 7.05 Å². The molecular formula is C23H24F2N6. The third-order valence-corrected chi connectivity index (χ3v) is 5.66. The monoisotopic (exact) mass is 422 g/mol. The molecule has 0 unspecified atom stereocenters. The minimum Gasteiger partial charge on any atom is -0.368 e. The average Bonchev–Trinajstić information content (AvgIpc) is 3.08. The molecule has 6 nitrogen and oxygen atoms in total. The zero-order valence-corrected chi connectivity index (χ0v) is 17.7. The van der Waals surface area contributed by atoms with E-state index in [0.29, 0.717) is 39.9 Å². The molecule has 0 bridgehead atoms. The lowest BCUT2D eigenvalue weighted by atomic mass is 10.1. The lowest BCUT2D eigenvalue weighted by molar-refractivity contribution is 0.407. The Kier molecular flexibility index (Phi) is 4.74. The highest BCUT2D eigenvalue weighted by atomic mass is 19.1. The van der Waals surface area contributed by atoms with Crippen molar-refractivity contribution in [1.82, 2.24) is 20.1 Å². The third-order valence-electron chi connectivity index (χ3n) is 5.66. The number of rotatable bonds is 3. The summed E-state index contributed by atoms with van der Waals surface area (Å²) >= 11 is 0. The van der Waals surface area contributed by atoms with Crippen LogP contribution in [0.5, 0.6) is 0 Å². The summed E-state index contributed by atoms with van der Waals surface area (Å²) in [6.45, 7) is 5.89. The second-order valence-corrected chi connectivity index (χ2v) is 8.38. The molecule has 1 aliphatic rings. The molecule has 1 saturated heterocycles. The molecule has 0 amide bonds. The number of piperazine rings is 1. The highest BCUT2D eigenvalue weighted by molar-refractivity contribution is 5.96. The average molecular weight is 422 g/mol. The van der Waals surface area contributed by atoms with Crippen LogP contribution in [-0.2, 0) is 7.05 Å². The molecule has 0 spiro atoms. The van der Waals surface area contributed by atoms with Crippen molar-refractivity contribution in [1.29, 1.82) is 0 Å². The summed E-state index contributed by atoms with van der Waals surface area (Å²) in [5, 5.41) is 12.5. The van der Waals surface area contributed by atoms with Gasteiger partial charge in [0.25, 0.3) is 0 Å². The van der Waals surface area contributed by atoms with Crippen molar-refractivity contribution < 1.29 is 8.78 Å². The maximum atomic E-state index is 15.3. The van der Waals surface area contributed by atoms with E-state index >= 15 is 4.39 Å². The summed E-state index contributed by atoms with van der Waals surface area (Å²) in [5.74, 6) is -0.443. The van der Waals surface area contributed by atoms with Gasteiger partial charge in [-0.05, 0) is 49.6 Å².